The van der Waals surface area contributed by atoms with Gasteiger partial charge in [-0.05, 0) is 12.1 Å². The van der Waals surface area contributed by atoms with E-state index in [1.165, 1.54) is 0 Å². The van der Waals surface area contributed by atoms with Crippen LogP contribution in [-0.4, -0.2) is 50.0 Å². The normalized spacial score (nSPS) is 11.2. The van der Waals surface area contributed by atoms with Crippen molar-refractivity contribution in [1.82, 2.24) is 15.3 Å². The minimum Gasteiger partial charge on any atom is -0.369 e. The number of carbonyl (C=O) groups excluding carboxylic acids is 1. The Morgan fingerprint density at radius 3 is 2.24 bits per heavy atom. The van der Waals surface area contributed by atoms with Gasteiger partial charge in [0.05, 0.1) is 5.69 Å². The van der Waals surface area contributed by atoms with Gasteiger partial charge in [-0.3, -0.25) is 10.1 Å². The quantitative estimate of drug-likeness (QED) is 0.634. The number of hydrogen-bond donors (Lipinski definition) is 2. The van der Waals surface area contributed by atoms with Gasteiger partial charge in [0.2, 0.25) is 5.96 Å². The highest BCUT2D eigenvalue weighted by Gasteiger charge is 2.21. The Hall–Kier alpha value is -2.87. The van der Waals surface area contributed by atoms with Crippen LogP contribution in [0.5, 0.6) is 0 Å². The Kier molecular flexibility index (Phi) is 5.76. The van der Waals surface area contributed by atoms with Gasteiger partial charge in [0.25, 0.3) is 5.91 Å². The fourth-order valence-electron chi connectivity index (χ4n) is 1.99. The van der Waals surface area contributed by atoms with Crippen molar-refractivity contribution in [2.75, 3.05) is 38.0 Å². The predicted octanol–water partition coefficient (Wildman–Crippen LogP) is 1.64. The minimum atomic E-state index is -0.541. The highest BCUT2D eigenvalue weighted by Crippen LogP contribution is 2.25. The number of aliphatic imine (C=N–C) groups is 1. The Labute approximate surface area is 151 Å². The Morgan fingerprint density at radius 1 is 1.08 bits per heavy atom. The molecule has 2 aromatic rings. The van der Waals surface area contributed by atoms with Gasteiger partial charge in [0.1, 0.15) is 0 Å². The van der Waals surface area contributed by atoms with Crippen molar-refractivity contribution in [3.63, 3.8) is 0 Å². The summed E-state index contributed by atoms with van der Waals surface area (Å²) in [5.41, 5.74) is 6.49. The zero-order valence-electron chi connectivity index (χ0n) is 14.5. The van der Waals surface area contributed by atoms with Crippen molar-refractivity contribution in [1.29, 1.82) is 0 Å². The van der Waals surface area contributed by atoms with Crippen LogP contribution in [0.15, 0.2) is 35.3 Å². The third-order valence-electron chi connectivity index (χ3n) is 3.13. The summed E-state index contributed by atoms with van der Waals surface area (Å²) in [6.07, 6.45) is 0. The summed E-state index contributed by atoms with van der Waals surface area (Å²) in [7, 11) is 7.10. The molecule has 1 aromatic carbocycles. The third-order valence-corrected chi connectivity index (χ3v) is 3.38. The number of nitrogens with zero attached hydrogens (tertiary/aromatic N) is 5. The van der Waals surface area contributed by atoms with Gasteiger partial charge in [0.15, 0.2) is 22.5 Å². The van der Waals surface area contributed by atoms with E-state index in [9.17, 15) is 4.79 Å². The molecule has 0 aliphatic carbocycles. The number of rotatable bonds is 4. The van der Waals surface area contributed by atoms with Crippen LogP contribution in [0, 0.1) is 0 Å². The highest BCUT2D eigenvalue weighted by molar-refractivity contribution is 6.32. The van der Waals surface area contributed by atoms with E-state index in [2.05, 4.69) is 20.3 Å². The Balaban J connectivity index is 2.32. The fraction of sp³-hybridized carbons (Fsp3) is 0.250. The number of amides is 1. The van der Waals surface area contributed by atoms with Gasteiger partial charge in [-0.2, -0.15) is 0 Å². The molecule has 1 amide bonds. The molecule has 0 atom stereocenters. The lowest BCUT2D eigenvalue weighted by Gasteiger charge is -2.19. The SMILES string of the molecule is CN(C)c1nc(N(C)C)c(C(=O)NC(N)=Nc2ccccc2)nc1Cl. The maximum Gasteiger partial charge on any atom is 0.280 e. The van der Waals surface area contributed by atoms with Crippen LogP contribution < -0.4 is 20.9 Å². The van der Waals surface area contributed by atoms with Crippen molar-refractivity contribution < 1.29 is 4.79 Å². The maximum absolute atomic E-state index is 12.5. The van der Waals surface area contributed by atoms with Crippen molar-refractivity contribution in [2.45, 2.75) is 0 Å². The van der Waals surface area contributed by atoms with Gasteiger partial charge in [-0.1, -0.05) is 29.8 Å². The zero-order valence-corrected chi connectivity index (χ0v) is 15.2. The topological polar surface area (TPSA) is 99.7 Å². The number of guanidine groups is 1. The van der Waals surface area contributed by atoms with Crippen LogP contribution in [0.2, 0.25) is 5.15 Å². The third kappa shape index (κ3) is 4.57. The number of para-hydroxylation sites is 1. The van der Waals surface area contributed by atoms with E-state index in [1.807, 2.05) is 18.2 Å². The summed E-state index contributed by atoms with van der Waals surface area (Å²) < 4.78 is 0. The van der Waals surface area contributed by atoms with Crippen LogP contribution in [0.25, 0.3) is 0 Å². The molecule has 3 N–H and O–H groups in total. The number of anilines is 2. The average Bonchev–Trinajstić information content (AvgIpc) is 2.54. The van der Waals surface area contributed by atoms with E-state index in [1.54, 1.807) is 50.1 Å². The van der Waals surface area contributed by atoms with Crippen LogP contribution >= 0.6 is 11.6 Å². The molecule has 0 fully saturated rings. The first-order valence-electron chi connectivity index (χ1n) is 7.42. The first-order chi connectivity index (χ1) is 11.8. The first kappa shape index (κ1) is 18.5. The maximum atomic E-state index is 12.5. The molecule has 0 spiro atoms. The predicted molar refractivity (Wildman–Crippen MR) is 101 cm³/mol. The van der Waals surface area contributed by atoms with Gasteiger partial charge in [0, 0.05) is 28.2 Å². The van der Waals surface area contributed by atoms with E-state index >= 15 is 0 Å². The molecule has 0 bridgehead atoms. The summed E-state index contributed by atoms with van der Waals surface area (Å²) in [6, 6.07) is 9.05. The highest BCUT2D eigenvalue weighted by atomic mass is 35.5. The van der Waals surface area contributed by atoms with Crippen molar-refractivity contribution in [2.24, 2.45) is 10.7 Å². The molecule has 25 heavy (non-hydrogen) atoms. The van der Waals surface area contributed by atoms with Crippen molar-refractivity contribution >= 4 is 40.8 Å². The second-order valence-electron chi connectivity index (χ2n) is 5.59. The molecule has 9 heteroatoms. The number of aromatic nitrogens is 2. The number of benzene rings is 1. The Bertz CT molecular complexity index is 791. The Morgan fingerprint density at radius 2 is 1.68 bits per heavy atom. The van der Waals surface area contributed by atoms with Gasteiger partial charge in [-0.15, -0.1) is 0 Å². The van der Waals surface area contributed by atoms with Crippen molar-refractivity contribution in [3.05, 3.63) is 41.2 Å². The standard InChI is InChI=1S/C16H20ClN7O/c1-23(2)13-11(20-12(17)14(21-13)24(3)4)15(25)22-16(18)19-10-8-6-5-7-9-10/h5-9H,1-4H3,(H3,18,19,22,25). The van der Waals surface area contributed by atoms with E-state index < -0.39 is 5.91 Å². The van der Waals surface area contributed by atoms with Crippen molar-refractivity contribution in [3.8, 4) is 0 Å². The average molecular weight is 362 g/mol. The molecule has 0 aliphatic rings. The lowest BCUT2D eigenvalue weighted by molar-refractivity contribution is 0.0972. The molecule has 132 valence electrons. The van der Waals surface area contributed by atoms with E-state index in [0.29, 0.717) is 17.3 Å². The van der Waals surface area contributed by atoms with Gasteiger partial charge in [-0.25, -0.2) is 15.0 Å². The van der Waals surface area contributed by atoms with Crippen LogP contribution in [-0.2, 0) is 0 Å². The zero-order chi connectivity index (χ0) is 18.6. The summed E-state index contributed by atoms with van der Waals surface area (Å²) in [6.45, 7) is 0. The fourth-order valence-corrected chi connectivity index (χ4v) is 2.29. The molecule has 1 heterocycles. The second kappa shape index (κ2) is 7.80. The number of nitrogens with two attached hydrogens (primary N) is 1. The van der Waals surface area contributed by atoms with E-state index in [0.717, 1.165) is 0 Å². The van der Waals surface area contributed by atoms with Gasteiger partial charge >= 0.3 is 0 Å². The smallest absolute Gasteiger partial charge is 0.280 e. The van der Waals surface area contributed by atoms with Crippen LogP contribution in [0.4, 0.5) is 17.3 Å². The molecule has 2 rings (SSSR count). The second-order valence-corrected chi connectivity index (χ2v) is 5.94. The molecule has 0 unspecified atom stereocenters. The number of nitrogens with one attached hydrogen (secondary N) is 1. The molecule has 0 radical (unpaired) electrons. The summed E-state index contributed by atoms with van der Waals surface area (Å²) in [5, 5.41) is 2.63. The van der Waals surface area contributed by atoms with Crippen LogP contribution in [0.1, 0.15) is 10.5 Å². The number of halogens is 1. The summed E-state index contributed by atoms with van der Waals surface area (Å²) in [5.74, 6) is 0.252. The van der Waals surface area contributed by atoms with E-state index in [4.69, 9.17) is 17.3 Å². The number of carbonyl (C=O) groups is 1. The van der Waals surface area contributed by atoms with Gasteiger partial charge < -0.3 is 15.5 Å². The van der Waals surface area contributed by atoms with Crippen LogP contribution in [0.3, 0.4) is 0 Å². The molecule has 0 saturated carbocycles. The first-order valence-corrected chi connectivity index (χ1v) is 7.80. The molecular weight excluding hydrogens is 342 g/mol. The lowest BCUT2D eigenvalue weighted by atomic mass is 10.3. The lowest BCUT2D eigenvalue weighted by Crippen LogP contribution is -2.38. The number of hydrogen-bond acceptors (Lipinski definition) is 6. The molecule has 1 aromatic heterocycles. The molecule has 0 saturated heterocycles. The monoisotopic (exact) mass is 361 g/mol. The molecule has 8 nitrogen and oxygen atoms in total. The summed E-state index contributed by atoms with van der Waals surface area (Å²) >= 11 is 6.14. The van der Waals surface area contributed by atoms with E-state index in [-0.39, 0.29) is 16.8 Å². The summed E-state index contributed by atoms with van der Waals surface area (Å²) in [4.78, 5) is 28.6. The molecular formula is C16H20ClN7O. The minimum absolute atomic E-state index is 0.0458. The molecule has 0 aliphatic heterocycles. The largest absolute Gasteiger partial charge is 0.369 e.